The van der Waals surface area contributed by atoms with Crippen LogP contribution in [0, 0.1) is 5.92 Å². The molecule has 3 atom stereocenters. The Kier molecular flexibility index (Phi) is 3.86. The molecule has 2 amide bonds. The van der Waals surface area contributed by atoms with Gasteiger partial charge in [0.2, 0.25) is 11.8 Å². The van der Waals surface area contributed by atoms with Crippen molar-refractivity contribution >= 4 is 17.5 Å². The molecule has 130 valence electrons. The van der Waals surface area contributed by atoms with Crippen molar-refractivity contribution in [3.63, 3.8) is 0 Å². The van der Waals surface area contributed by atoms with Gasteiger partial charge in [0.15, 0.2) is 0 Å². The molecule has 1 aliphatic carbocycles. The van der Waals surface area contributed by atoms with Crippen LogP contribution in [0.1, 0.15) is 48.7 Å². The molecule has 1 aliphatic heterocycles. The molecule has 0 spiro atoms. The molecule has 5 nitrogen and oxygen atoms in total. The van der Waals surface area contributed by atoms with E-state index in [9.17, 15) is 9.59 Å². The summed E-state index contributed by atoms with van der Waals surface area (Å²) < 4.78 is 5.87. The summed E-state index contributed by atoms with van der Waals surface area (Å²) in [6.45, 7) is 2.64. The average Bonchev–Trinajstić information content (AvgIpc) is 3.01. The highest BCUT2D eigenvalue weighted by Gasteiger charge is 2.37. The fraction of sp³-hybridized carbons (Fsp3) is 0.400. The maximum Gasteiger partial charge on any atom is 0.232 e. The first-order valence-corrected chi connectivity index (χ1v) is 8.75. The number of hydrogen-bond acceptors (Lipinski definition) is 3. The van der Waals surface area contributed by atoms with Crippen LogP contribution in [0.3, 0.4) is 0 Å². The Bertz CT molecular complexity index is 826. The third-order valence-corrected chi connectivity index (χ3v) is 5.27. The van der Waals surface area contributed by atoms with E-state index in [-0.39, 0.29) is 18.2 Å². The molecule has 1 N–H and O–H groups in total. The first-order chi connectivity index (χ1) is 12.0. The lowest BCUT2D eigenvalue weighted by atomic mass is 9.97. The molecule has 5 heteroatoms. The molecule has 1 aromatic carbocycles. The van der Waals surface area contributed by atoms with Gasteiger partial charge < -0.3 is 14.6 Å². The largest absolute Gasteiger partial charge is 0.464 e. The first kappa shape index (κ1) is 15.9. The summed E-state index contributed by atoms with van der Waals surface area (Å²) in [5.41, 5.74) is 1.71. The van der Waals surface area contributed by atoms with Gasteiger partial charge in [-0.25, -0.2) is 0 Å². The number of carbonyl (C=O) groups excluding carboxylic acids is 2. The highest BCUT2D eigenvalue weighted by atomic mass is 16.3. The quantitative estimate of drug-likeness (QED) is 0.908. The van der Waals surface area contributed by atoms with Gasteiger partial charge in [0.1, 0.15) is 11.5 Å². The minimum atomic E-state index is -0.411. The minimum absolute atomic E-state index is 0.0606. The van der Waals surface area contributed by atoms with E-state index in [1.54, 1.807) is 11.9 Å². The molecule has 0 unspecified atom stereocenters. The fourth-order valence-corrected chi connectivity index (χ4v) is 3.53. The number of benzene rings is 1. The number of rotatable bonds is 5. The van der Waals surface area contributed by atoms with Crippen molar-refractivity contribution < 1.29 is 14.0 Å². The molecule has 4 rings (SSSR count). The van der Waals surface area contributed by atoms with Gasteiger partial charge in [0.05, 0.1) is 12.5 Å². The predicted molar refractivity (Wildman–Crippen MR) is 94.1 cm³/mol. The Hall–Kier alpha value is -2.56. The van der Waals surface area contributed by atoms with Crippen LogP contribution >= 0.6 is 0 Å². The minimum Gasteiger partial charge on any atom is -0.464 e. The molecule has 0 saturated heterocycles. The van der Waals surface area contributed by atoms with Gasteiger partial charge in [0.25, 0.3) is 0 Å². The van der Waals surface area contributed by atoms with E-state index in [1.807, 2.05) is 36.4 Å². The standard InChI is InChI=1S/C20H22N2O3/c1-12-9-15(12)18-8-7-13(25-18)11-22(2)19(23)10-16-14-5-3-4-6-17(14)21-20(16)24/h3-8,12,15-16H,9-11H2,1-2H3,(H,21,24)/t12-,15+,16-/m1/s1. The SMILES string of the molecule is C[C@@H]1C[C@@H]1c1ccc(CN(C)C(=O)C[C@H]2C(=O)Nc3ccccc32)o1. The molecular weight excluding hydrogens is 316 g/mol. The van der Waals surface area contributed by atoms with Crippen LogP contribution in [0.15, 0.2) is 40.8 Å². The van der Waals surface area contributed by atoms with Crippen LogP contribution in [0.5, 0.6) is 0 Å². The Morgan fingerprint density at radius 2 is 2.04 bits per heavy atom. The number of nitrogens with zero attached hydrogens (tertiary/aromatic N) is 1. The summed E-state index contributed by atoms with van der Waals surface area (Å²) in [6, 6.07) is 11.5. The van der Waals surface area contributed by atoms with Crippen LogP contribution in [0.4, 0.5) is 5.69 Å². The topological polar surface area (TPSA) is 62.6 Å². The number of carbonyl (C=O) groups is 2. The Morgan fingerprint density at radius 1 is 1.28 bits per heavy atom. The third kappa shape index (κ3) is 3.06. The van der Waals surface area contributed by atoms with Crippen molar-refractivity contribution in [2.75, 3.05) is 12.4 Å². The van der Waals surface area contributed by atoms with E-state index < -0.39 is 5.92 Å². The van der Waals surface area contributed by atoms with E-state index >= 15 is 0 Å². The van der Waals surface area contributed by atoms with E-state index in [4.69, 9.17) is 4.42 Å². The lowest BCUT2D eigenvalue weighted by molar-refractivity contribution is -0.132. The molecule has 25 heavy (non-hydrogen) atoms. The zero-order valence-electron chi connectivity index (χ0n) is 14.5. The van der Waals surface area contributed by atoms with Crippen LogP contribution in [0.2, 0.25) is 0 Å². The molecule has 2 aromatic rings. The van der Waals surface area contributed by atoms with Gasteiger partial charge in [-0.3, -0.25) is 9.59 Å². The summed E-state index contributed by atoms with van der Waals surface area (Å²) in [7, 11) is 1.75. The molecule has 1 fully saturated rings. The van der Waals surface area contributed by atoms with Gasteiger partial charge in [-0.1, -0.05) is 25.1 Å². The summed E-state index contributed by atoms with van der Waals surface area (Å²) in [6.07, 6.45) is 1.35. The summed E-state index contributed by atoms with van der Waals surface area (Å²) in [5.74, 6) is 2.47. The van der Waals surface area contributed by atoms with E-state index in [2.05, 4.69) is 12.2 Å². The zero-order valence-corrected chi connectivity index (χ0v) is 14.5. The number of anilines is 1. The summed E-state index contributed by atoms with van der Waals surface area (Å²) >= 11 is 0. The normalized spacial score (nSPS) is 23.9. The number of fused-ring (bicyclic) bond motifs is 1. The van der Waals surface area contributed by atoms with Gasteiger partial charge in [-0.15, -0.1) is 0 Å². The van der Waals surface area contributed by atoms with Crippen molar-refractivity contribution in [2.45, 2.75) is 38.1 Å². The lowest BCUT2D eigenvalue weighted by Crippen LogP contribution is -2.29. The summed E-state index contributed by atoms with van der Waals surface area (Å²) in [5, 5.41) is 2.84. The average molecular weight is 338 g/mol. The van der Waals surface area contributed by atoms with Crippen LogP contribution in [0.25, 0.3) is 0 Å². The van der Waals surface area contributed by atoms with Crippen molar-refractivity contribution in [1.82, 2.24) is 4.90 Å². The highest BCUT2D eigenvalue weighted by Crippen LogP contribution is 2.47. The Balaban J connectivity index is 1.39. The van der Waals surface area contributed by atoms with E-state index in [1.165, 1.54) is 6.42 Å². The number of hydrogen-bond donors (Lipinski definition) is 1. The number of para-hydroxylation sites is 1. The second-order valence-electron chi connectivity index (χ2n) is 7.21. The molecule has 2 aliphatic rings. The van der Waals surface area contributed by atoms with Gasteiger partial charge in [-0.05, 0) is 36.1 Å². The number of amides is 2. The maximum absolute atomic E-state index is 12.6. The molecule has 2 heterocycles. The first-order valence-electron chi connectivity index (χ1n) is 8.75. The van der Waals surface area contributed by atoms with Crippen molar-refractivity contribution in [2.24, 2.45) is 5.92 Å². The van der Waals surface area contributed by atoms with Crippen LogP contribution < -0.4 is 5.32 Å². The van der Waals surface area contributed by atoms with Crippen LogP contribution in [-0.2, 0) is 16.1 Å². The predicted octanol–water partition coefficient (Wildman–Crippen LogP) is 3.49. The second kappa shape index (κ2) is 6.06. The molecule has 0 bridgehead atoms. The van der Waals surface area contributed by atoms with E-state index in [0.29, 0.717) is 18.4 Å². The van der Waals surface area contributed by atoms with E-state index in [0.717, 1.165) is 22.8 Å². The summed E-state index contributed by atoms with van der Waals surface area (Å²) in [4.78, 5) is 26.4. The van der Waals surface area contributed by atoms with Gasteiger partial charge in [0, 0.05) is 25.1 Å². The zero-order chi connectivity index (χ0) is 17.6. The lowest BCUT2D eigenvalue weighted by Gasteiger charge is -2.17. The Labute approximate surface area is 147 Å². The number of nitrogens with one attached hydrogen (secondary N) is 1. The van der Waals surface area contributed by atoms with Crippen LogP contribution in [-0.4, -0.2) is 23.8 Å². The highest BCUT2D eigenvalue weighted by molar-refractivity contribution is 6.04. The molecular formula is C20H22N2O3. The molecule has 0 radical (unpaired) electrons. The fourth-order valence-electron chi connectivity index (χ4n) is 3.53. The second-order valence-corrected chi connectivity index (χ2v) is 7.21. The number of furan rings is 1. The Morgan fingerprint density at radius 3 is 2.80 bits per heavy atom. The van der Waals surface area contributed by atoms with Crippen molar-refractivity contribution in [3.8, 4) is 0 Å². The molecule has 1 saturated carbocycles. The van der Waals surface area contributed by atoms with Gasteiger partial charge >= 0.3 is 0 Å². The third-order valence-electron chi connectivity index (χ3n) is 5.27. The van der Waals surface area contributed by atoms with Gasteiger partial charge in [-0.2, -0.15) is 0 Å². The van der Waals surface area contributed by atoms with Crippen molar-refractivity contribution in [1.29, 1.82) is 0 Å². The monoisotopic (exact) mass is 338 g/mol. The molecule has 1 aromatic heterocycles. The maximum atomic E-state index is 12.6. The smallest absolute Gasteiger partial charge is 0.232 e. The van der Waals surface area contributed by atoms with Crippen molar-refractivity contribution in [3.05, 3.63) is 53.5 Å².